The maximum Gasteiger partial charge on any atom is 0.241 e. The summed E-state index contributed by atoms with van der Waals surface area (Å²) in [5.41, 5.74) is 4.83. The largest absolute Gasteiger partial charge is 0.473 e. The minimum Gasteiger partial charge on any atom is -0.473 e. The van der Waals surface area contributed by atoms with Gasteiger partial charge in [0, 0.05) is 49.3 Å². The van der Waals surface area contributed by atoms with Gasteiger partial charge in [-0.15, -0.1) is 0 Å². The van der Waals surface area contributed by atoms with E-state index in [4.69, 9.17) is 14.7 Å². The van der Waals surface area contributed by atoms with Crippen LogP contribution < -0.4 is 15.0 Å². The van der Waals surface area contributed by atoms with Crippen molar-refractivity contribution in [1.29, 1.82) is 0 Å². The summed E-state index contributed by atoms with van der Waals surface area (Å²) in [6, 6.07) is 8.63. The molecule has 0 spiro atoms. The lowest BCUT2D eigenvalue weighted by Gasteiger charge is -2.22. The molecule has 2 fully saturated rings. The lowest BCUT2D eigenvalue weighted by molar-refractivity contribution is -0.122. The maximum absolute atomic E-state index is 13.3. The number of aromatic nitrogens is 3. The van der Waals surface area contributed by atoms with Crippen molar-refractivity contribution in [1.82, 2.24) is 24.8 Å². The number of rotatable bonds is 8. The van der Waals surface area contributed by atoms with Crippen LogP contribution in [0.3, 0.4) is 0 Å². The number of benzene rings is 1. The molecular formula is C29H36N6O3. The maximum atomic E-state index is 13.3. The van der Waals surface area contributed by atoms with Gasteiger partial charge in [0.15, 0.2) is 0 Å². The zero-order chi connectivity index (χ0) is 26.8. The van der Waals surface area contributed by atoms with Crippen LogP contribution in [0.25, 0.3) is 22.3 Å². The SMILES string of the molecule is CC(Oc1nc(-c2ccc3c(c2)N(CCN(C)C)C(=O)C3(C)C)cc2ncn(C3CC3)c12)C1CNC(=O)C1. The molecule has 1 saturated heterocycles. The fraction of sp³-hybridized carbons (Fsp3) is 0.517. The average Bonchev–Trinajstić information content (AvgIpc) is 3.42. The van der Waals surface area contributed by atoms with Crippen molar-refractivity contribution in [3.63, 3.8) is 0 Å². The molecule has 2 aromatic heterocycles. The van der Waals surface area contributed by atoms with Crippen LogP contribution in [-0.4, -0.2) is 71.1 Å². The third-order valence-corrected chi connectivity index (χ3v) is 8.24. The Morgan fingerprint density at radius 3 is 2.68 bits per heavy atom. The normalized spacial score (nSPS) is 21.3. The average molecular weight is 517 g/mol. The first-order valence-electron chi connectivity index (χ1n) is 13.6. The van der Waals surface area contributed by atoms with Gasteiger partial charge in [0.25, 0.3) is 0 Å². The Morgan fingerprint density at radius 2 is 2.00 bits per heavy atom. The van der Waals surface area contributed by atoms with Gasteiger partial charge in [0.1, 0.15) is 11.6 Å². The van der Waals surface area contributed by atoms with Crippen molar-refractivity contribution < 1.29 is 14.3 Å². The third kappa shape index (κ3) is 4.22. The molecule has 3 aliphatic rings. The molecular weight excluding hydrogens is 480 g/mol. The van der Waals surface area contributed by atoms with Crippen LogP contribution in [0.2, 0.25) is 0 Å². The first-order valence-corrected chi connectivity index (χ1v) is 13.6. The van der Waals surface area contributed by atoms with Crippen LogP contribution in [0.5, 0.6) is 5.88 Å². The van der Waals surface area contributed by atoms with Crippen LogP contribution >= 0.6 is 0 Å². The molecule has 9 nitrogen and oxygen atoms in total. The predicted molar refractivity (Wildman–Crippen MR) is 146 cm³/mol. The summed E-state index contributed by atoms with van der Waals surface area (Å²) >= 11 is 0. The Morgan fingerprint density at radius 1 is 1.21 bits per heavy atom. The number of likely N-dealkylation sites (N-methyl/N-ethyl adjacent to an activating group) is 1. The number of fused-ring (bicyclic) bond motifs is 2. The van der Waals surface area contributed by atoms with E-state index in [9.17, 15) is 9.59 Å². The van der Waals surface area contributed by atoms with Gasteiger partial charge in [0.05, 0.1) is 23.0 Å². The van der Waals surface area contributed by atoms with Crippen LogP contribution in [0, 0.1) is 5.92 Å². The van der Waals surface area contributed by atoms with Crippen LogP contribution in [0.4, 0.5) is 5.69 Å². The van der Waals surface area contributed by atoms with E-state index in [0.717, 1.165) is 52.9 Å². The van der Waals surface area contributed by atoms with Gasteiger partial charge in [-0.05, 0) is 65.4 Å². The number of carbonyl (C=O) groups excluding carboxylic acids is 2. The van der Waals surface area contributed by atoms with Crippen LogP contribution in [0.15, 0.2) is 30.6 Å². The van der Waals surface area contributed by atoms with Crippen molar-refractivity contribution in [2.24, 2.45) is 5.92 Å². The van der Waals surface area contributed by atoms with Gasteiger partial charge in [-0.2, -0.15) is 0 Å². The molecule has 200 valence electrons. The third-order valence-electron chi connectivity index (χ3n) is 8.24. The smallest absolute Gasteiger partial charge is 0.241 e. The number of anilines is 1. The summed E-state index contributed by atoms with van der Waals surface area (Å²) in [6.45, 7) is 8.02. The fourth-order valence-electron chi connectivity index (χ4n) is 5.64. The topological polar surface area (TPSA) is 92.6 Å². The Bertz CT molecular complexity index is 1420. The van der Waals surface area contributed by atoms with E-state index in [2.05, 4.69) is 26.9 Å². The standard InChI is InChI=1S/C29H36N6O3/c1-17(19-13-25(36)30-15-19)38-27-26-23(31-16-35(26)20-7-8-20)14-22(32-27)18-6-9-21-24(12-18)34(11-10-33(4)5)28(37)29(21,2)3/h6,9,12,14,16-17,19-20H,7-8,10-11,13,15H2,1-5H3,(H,30,36). The first kappa shape index (κ1) is 24.9. The van der Waals surface area contributed by atoms with Gasteiger partial charge in [-0.3, -0.25) is 9.59 Å². The number of hydrogen-bond acceptors (Lipinski definition) is 6. The van der Waals surface area contributed by atoms with E-state index in [1.807, 2.05) is 58.2 Å². The molecule has 1 saturated carbocycles. The van der Waals surface area contributed by atoms with Gasteiger partial charge >= 0.3 is 0 Å². The number of hydrogen-bond donors (Lipinski definition) is 1. The highest BCUT2D eigenvalue weighted by atomic mass is 16.5. The zero-order valence-corrected chi connectivity index (χ0v) is 22.8. The minimum atomic E-state index is -0.572. The highest BCUT2D eigenvalue weighted by Crippen LogP contribution is 2.44. The minimum absolute atomic E-state index is 0.0646. The number of nitrogens with one attached hydrogen (secondary N) is 1. The number of amides is 2. The summed E-state index contributed by atoms with van der Waals surface area (Å²) in [5.74, 6) is 0.833. The van der Waals surface area contributed by atoms with E-state index in [1.165, 1.54) is 0 Å². The van der Waals surface area contributed by atoms with E-state index in [-0.39, 0.29) is 23.8 Å². The molecule has 1 N–H and O–H groups in total. The molecule has 2 aliphatic heterocycles. The van der Waals surface area contributed by atoms with Crippen molar-refractivity contribution in [3.05, 3.63) is 36.2 Å². The van der Waals surface area contributed by atoms with Gasteiger partial charge < -0.3 is 24.4 Å². The van der Waals surface area contributed by atoms with E-state index >= 15 is 0 Å². The number of pyridine rings is 1. The number of nitrogens with zero attached hydrogens (tertiary/aromatic N) is 5. The lowest BCUT2D eigenvalue weighted by Crippen LogP contribution is -2.39. The van der Waals surface area contributed by atoms with Crippen molar-refractivity contribution in [2.75, 3.05) is 38.6 Å². The van der Waals surface area contributed by atoms with E-state index < -0.39 is 5.41 Å². The van der Waals surface area contributed by atoms with E-state index in [1.54, 1.807) is 0 Å². The van der Waals surface area contributed by atoms with Crippen LogP contribution in [0.1, 0.15) is 51.6 Å². The highest BCUT2D eigenvalue weighted by molar-refractivity contribution is 6.08. The molecule has 6 rings (SSSR count). The lowest BCUT2D eigenvalue weighted by atomic mass is 9.85. The predicted octanol–water partition coefficient (Wildman–Crippen LogP) is 3.52. The fourth-order valence-corrected chi connectivity index (χ4v) is 5.64. The van der Waals surface area contributed by atoms with Gasteiger partial charge in [0.2, 0.25) is 17.7 Å². The second-order valence-corrected chi connectivity index (χ2v) is 11.8. The summed E-state index contributed by atoms with van der Waals surface area (Å²) in [4.78, 5) is 38.9. The van der Waals surface area contributed by atoms with Crippen molar-refractivity contribution in [2.45, 2.75) is 57.6 Å². The molecule has 38 heavy (non-hydrogen) atoms. The summed E-state index contributed by atoms with van der Waals surface area (Å²) in [5, 5.41) is 2.91. The van der Waals surface area contributed by atoms with Gasteiger partial charge in [-0.25, -0.2) is 9.97 Å². The highest BCUT2D eigenvalue weighted by Gasteiger charge is 2.43. The Hall–Kier alpha value is -3.46. The Labute approximate surface area is 223 Å². The van der Waals surface area contributed by atoms with E-state index in [0.29, 0.717) is 31.4 Å². The summed E-state index contributed by atoms with van der Waals surface area (Å²) in [7, 11) is 4.03. The summed E-state index contributed by atoms with van der Waals surface area (Å²) < 4.78 is 8.67. The number of ether oxygens (including phenoxy) is 1. The van der Waals surface area contributed by atoms with Gasteiger partial charge in [-0.1, -0.05) is 12.1 Å². The molecule has 2 amide bonds. The second kappa shape index (κ2) is 9.08. The van der Waals surface area contributed by atoms with Crippen molar-refractivity contribution >= 4 is 28.5 Å². The van der Waals surface area contributed by atoms with Crippen molar-refractivity contribution in [3.8, 4) is 17.1 Å². The molecule has 1 aliphatic carbocycles. The molecule has 1 aromatic carbocycles. The zero-order valence-electron chi connectivity index (χ0n) is 22.8. The molecule has 2 atom stereocenters. The summed E-state index contributed by atoms with van der Waals surface area (Å²) in [6.07, 6.45) is 4.42. The Balaban J connectivity index is 1.41. The molecule has 2 unspecified atom stereocenters. The number of imidazole rings is 1. The molecule has 4 heterocycles. The second-order valence-electron chi connectivity index (χ2n) is 11.8. The quantitative estimate of drug-likeness (QED) is 0.493. The monoisotopic (exact) mass is 516 g/mol. The molecule has 3 aromatic rings. The molecule has 0 bridgehead atoms. The molecule has 9 heteroatoms. The molecule has 0 radical (unpaired) electrons. The first-order chi connectivity index (χ1) is 18.1. The van der Waals surface area contributed by atoms with Crippen LogP contribution in [-0.2, 0) is 15.0 Å². The Kier molecular flexibility index (Phi) is 5.94. The number of carbonyl (C=O) groups is 2.